The molecule has 65 heavy (non-hydrogen) atoms. The zero-order valence-corrected chi connectivity index (χ0v) is 39.9. The van der Waals surface area contributed by atoms with Gasteiger partial charge in [0.2, 0.25) is 17.8 Å². The third-order valence-corrected chi connectivity index (χ3v) is 14.4. The van der Waals surface area contributed by atoms with Crippen LogP contribution in [0.15, 0.2) is 65.5 Å². The molecule has 2 aromatic heterocycles. The number of anilines is 6. The van der Waals surface area contributed by atoms with Gasteiger partial charge in [0.25, 0.3) is 5.91 Å². The summed E-state index contributed by atoms with van der Waals surface area (Å²) < 4.78 is 20.1. The largest absolute Gasteiger partial charge is 0.494 e. The highest BCUT2D eigenvalue weighted by atomic mass is 79.9. The van der Waals surface area contributed by atoms with Gasteiger partial charge in [-0.2, -0.15) is 4.98 Å². The molecule has 0 saturated carbocycles. The highest BCUT2D eigenvalue weighted by Gasteiger charge is 2.39. The van der Waals surface area contributed by atoms with Gasteiger partial charge in [-0.3, -0.25) is 29.7 Å². The predicted octanol–water partition coefficient (Wildman–Crippen LogP) is 5.53. The molecule has 3 amide bonds. The highest BCUT2D eigenvalue weighted by molar-refractivity contribution is 9.10. The van der Waals surface area contributed by atoms with E-state index >= 15 is 0 Å². The van der Waals surface area contributed by atoms with E-state index in [2.05, 4.69) is 86.3 Å². The van der Waals surface area contributed by atoms with Gasteiger partial charge in [0, 0.05) is 107 Å². The molecule has 1 unspecified atom stereocenters. The van der Waals surface area contributed by atoms with Gasteiger partial charge >= 0.3 is 0 Å². The fourth-order valence-electron chi connectivity index (χ4n) is 8.86. The average Bonchev–Trinajstić information content (AvgIpc) is 3.62. The topological polar surface area (TPSA) is 199 Å². The molecule has 342 valence electrons. The lowest BCUT2D eigenvalue weighted by atomic mass is 10.0. The molecule has 5 aromatic rings. The molecule has 5 heterocycles. The van der Waals surface area contributed by atoms with E-state index in [0.717, 1.165) is 81.2 Å². The molecule has 0 aliphatic carbocycles. The van der Waals surface area contributed by atoms with E-state index in [0.29, 0.717) is 68.6 Å². The highest BCUT2D eigenvalue weighted by Crippen LogP contribution is 2.42. The van der Waals surface area contributed by atoms with Gasteiger partial charge in [0.1, 0.15) is 30.3 Å². The van der Waals surface area contributed by atoms with Crippen molar-refractivity contribution in [1.29, 1.82) is 0 Å². The van der Waals surface area contributed by atoms with E-state index in [-0.39, 0.29) is 18.2 Å². The Hall–Kier alpha value is -5.68. The number of hydrogen-bond acceptors (Lipinski definition) is 15. The Bertz CT molecular complexity index is 2660. The molecule has 1 atom stereocenters. The molecule has 17 nitrogen and oxygen atoms in total. The summed E-state index contributed by atoms with van der Waals surface area (Å²) in [6.45, 7) is 11.1. The van der Waals surface area contributed by atoms with Crippen molar-refractivity contribution in [2.24, 2.45) is 0 Å². The van der Waals surface area contributed by atoms with Gasteiger partial charge in [-0.05, 0) is 96.4 Å². The minimum absolute atomic E-state index is 0.162. The smallest absolute Gasteiger partial charge is 0.255 e. The van der Waals surface area contributed by atoms with Crippen molar-refractivity contribution in [2.75, 3.05) is 87.2 Å². The summed E-state index contributed by atoms with van der Waals surface area (Å²) in [6, 6.07) is 13.6. The quantitative estimate of drug-likeness (QED) is 0.0443. The number of piperidine rings is 2. The van der Waals surface area contributed by atoms with E-state index in [1.54, 1.807) is 43.9 Å². The first-order valence-corrected chi connectivity index (χ1v) is 25.4. The molecular formula is C46H56BrN12O5P. The maximum absolute atomic E-state index is 13.5. The van der Waals surface area contributed by atoms with E-state index in [9.17, 15) is 18.9 Å². The number of rotatable bonds is 17. The lowest BCUT2D eigenvalue weighted by Gasteiger charge is -2.35. The number of hydrogen-bond donors (Lipinski definition) is 5. The van der Waals surface area contributed by atoms with Crippen LogP contribution in [0.1, 0.15) is 54.1 Å². The second-order valence-electron chi connectivity index (χ2n) is 17.0. The number of fused-ring (bicyclic) bond motifs is 2. The Labute approximate surface area is 387 Å². The van der Waals surface area contributed by atoms with Crippen molar-refractivity contribution >= 4 is 91.6 Å². The number of likely N-dealkylation sites (N-methyl/N-ethyl adjacent to an activating group) is 1. The van der Waals surface area contributed by atoms with Crippen molar-refractivity contribution in [3.05, 3.63) is 82.2 Å². The normalized spacial score (nSPS) is 16.8. The zero-order chi connectivity index (χ0) is 45.8. The Balaban J connectivity index is 0.810. The Morgan fingerprint density at radius 1 is 0.954 bits per heavy atom. The number of halogens is 1. The average molecular weight is 968 g/mol. The van der Waals surface area contributed by atoms with Crippen LogP contribution in [-0.4, -0.2) is 121 Å². The number of aryl methyl sites for hydroxylation is 1. The van der Waals surface area contributed by atoms with Crippen molar-refractivity contribution < 1.29 is 23.7 Å². The Morgan fingerprint density at radius 2 is 1.75 bits per heavy atom. The lowest BCUT2D eigenvalue weighted by molar-refractivity contribution is -0.136. The molecule has 19 heteroatoms. The number of carbonyl (C=O) groups excluding carboxylic acids is 3. The summed E-state index contributed by atoms with van der Waals surface area (Å²) in [5.41, 5.74) is 7.47. The van der Waals surface area contributed by atoms with Gasteiger partial charge in [-0.25, -0.2) is 4.98 Å². The molecule has 0 bridgehead atoms. The summed E-state index contributed by atoms with van der Waals surface area (Å²) in [5.74, 6) is 0.707. The molecule has 3 aliphatic rings. The number of imide groups is 1. The maximum atomic E-state index is 13.5. The molecule has 8 rings (SSSR count). The third kappa shape index (κ3) is 10.3. The van der Waals surface area contributed by atoms with Crippen molar-refractivity contribution in [3.8, 4) is 5.75 Å². The number of ether oxygens (including phenoxy) is 1. The van der Waals surface area contributed by atoms with Gasteiger partial charge in [0.15, 0.2) is 0 Å². The van der Waals surface area contributed by atoms with Crippen LogP contribution in [0.25, 0.3) is 11.0 Å². The van der Waals surface area contributed by atoms with Crippen molar-refractivity contribution in [2.45, 2.75) is 57.7 Å². The summed E-state index contributed by atoms with van der Waals surface area (Å²) in [7, 11) is 0.906. The summed E-state index contributed by atoms with van der Waals surface area (Å²) in [4.78, 5) is 61.7. The molecule has 2 fully saturated rings. The SMILES string of the molecule is CCc1cc(Nc2ncc(Br)c(Nc3ccc4nccnc4c3P(C)(C)=O)n2)c(OC)cc1N1CCC(NCCNCCN(C)c2ccc3c(c2)C(=O)N(C2CCC(=O)NC2=O)C3)CC1. The number of nitrogens with one attached hydrogen (secondary N) is 5. The monoisotopic (exact) mass is 966 g/mol. The molecular weight excluding hydrogens is 911 g/mol. The fourth-order valence-corrected chi connectivity index (χ4v) is 10.5. The van der Waals surface area contributed by atoms with Crippen LogP contribution in [0.3, 0.4) is 0 Å². The fraction of sp³-hybridized carbons (Fsp3) is 0.413. The molecule has 3 aliphatic heterocycles. The first-order chi connectivity index (χ1) is 31.3. The Kier molecular flexibility index (Phi) is 14.0. The van der Waals surface area contributed by atoms with Crippen LogP contribution in [-0.2, 0) is 27.1 Å². The van der Waals surface area contributed by atoms with E-state index < -0.39 is 19.1 Å². The minimum atomic E-state index is -2.78. The van der Waals surface area contributed by atoms with E-state index in [1.165, 1.54) is 5.56 Å². The van der Waals surface area contributed by atoms with Crippen molar-refractivity contribution in [3.63, 3.8) is 0 Å². The van der Waals surface area contributed by atoms with E-state index in [4.69, 9.17) is 9.72 Å². The van der Waals surface area contributed by atoms with Crippen LogP contribution in [0.5, 0.6) is 5.75 Å². The predicted molar refractivity (Wildman–Crippen MR) is 259 cm³/mol. The summed E-state index contributed by atoms with van der Waals surface area (Å²) >= 11 is 3.59. The molecule has 3 aromatic carbocycles. The van der Waals surface area contributed by atoms with Crippen molar-refractivity contribution in [1.82, 2.24) is 40.8 Å². The second-order valence-corrected chi connectivity index (χ2v) is 21.0. The minimum Gasteiger partial charge on any atom is -0.494 e. The van der Waals surface area contributed by atoms with Crippen LogP contribution in [0.4, 0.5) is 34.5 Å². The standard InChI is InChI=1S/C46H56BrN12O5P/c1-6-28-23-36(54-46-52-26-33(47)43(56-46)53-35-10-9-34-41(51-18-17-50-34)42(35)65(4,5)63)39(64-3)25-38(28)58-20-13-30(14-21-58)49-16-15-48-19-22-57(2)31-8-7-29-27-59(45(62)32(29)24-31)37-11-12-40(60)55-44(37)61/h7-10,17-18,23-26,30,37,48-49H,6,11-16,19-22,27H2,1-5H3,(H,55,60,61)(H2,52,53,54,56). The molecule has 2 saturated heterocycles. The number of methoxy groups -OCH3 is 1. The second kappa shape index (κ2) is 19.8. The number of aromatic nitrogens is 4. The first kappa shape index (κ1) is 45.9. The lowest BCUT2D eigenvalue weighted by Crippen LogP contribution is -2.52. The van der Waals surface area contributed by atoms with Crippen LogP contribution >= 0.6 is 23.1 Å². The summed E-state index contributed by atoms with van der Waals surface area (Å²) in [6.07, 6.45) is 8.36. The molecule has 0 spiro atoms. The summed E-state index contributed by atoms with van der Waals surface area (Å²) in [5, 5.41) is 17.0. The van der Waals surface area contributed by atoms with E-state index in [1.807, 2.05) is 37.4 Å². The van der Waals surface area contributed by atoms with Crippen LogP contribution in [0.2, 0.25) is 0 Å². The zero-order valence-electron chi connectivity index (χ0n) is 37.4. The number of benzene rings is 3. The van der Waals surface area contributed by atoms with Gasteiger partial charge in [-0.1, -0.05) is 13.0 Å². The number of nitrogens with zero attached hydrogens (tertiary/aromatic N) is 7. The van der Waals surface area contributed by atoms with Gasteiger partial charge in [0.05, 0.1) is 33.8 Å². The number of amides is 3. The van der Waals surface area contributed by atoms with Gasteiger partial charge < -0.3 is 45.3 Å². The first-order valence-electron chi connectivity index (χ1n) is 22.1. The number of carbonyl (C=O) groups is 3. The van der Waals surface area contributed by atoms with Crippen LogP contribution in [0, 0.1) is 0 Å². The Morgan fingerprint density at radius 3 is 2.51 bits per heavy atom. The maximum Gasteiger partial charge on any atom is 0.255 e. The van der Waals surface area contributed by atoms with Gasteiger partial charge in [-0.15, -0.1) is 0 Å². The molecule has 0 radical (unpaired) electrons. The van der Waals surface area contributed by atoms with Crippen LogP contribution < -0.4 is 46.4 Å². The molecule has 5 N–H and O–H groups in total. The third-order valence-electron chi connectivity index (χ3n) is 12.3.